The van der Waals surface area contributed by atoms with E-state index in [2.05, 4.69) is 6.07 Å². The van der Waals surface area contributed by atoms with Crippen molar-refractivity contribution >= 4 is 0 Å². The van der Waals surface area contributed by atoms with Gasteiger partial charge in [0.15, 0.2) is 11.5 Å². The number of hydrogen-bond acceptors (Lipinski definition) is 4. The molecule has 0 spiro atoms. The highest BCUT2D eigenvalue weighted by atomic mass is 16.5. The van der Waals surface area contributed by atoms with E-state index in [0.717, 1.165) is 40.7 Å². The molecular formula is C28H24O4. The molecule has 0 saturated heterocycles. The van der Waals surface area contributed by atoms with Gasteiger partial charge in [-0.25, -0.2) is 0 Å². The van der Waals surface area contributed by atoms with Gasteiger partial charge in [-0.05, 0) is 96.0 Å². The Morgan fingerprint density at radius 3 is 2.00 bits per heavy atom. The van der Waals surface area contributed by atoms with Gasteiger partial charge in [-0.3, -0.25) is 0 Å². The number of phenolic OH excluding ortho intramolecular Hbond substituents is 3. The van der Waals surface area contributed by atoms with Crippen LogP contribution in [0.5, 0.6) is 28.7 Å². The Kier molecular flexibility index (Phi) is 5.20. The van der Waals surface area contributed by atoms with Crippen LogP contribution in [0.25, 0.3) is 11.1 Å². The summed E-state index contributed by atoms with van der Waals surface area (Å²) in [7, 11) is 0. The van der Waals surface area contributed by atoms with Gasteiger partial charge in [0.1, 0.15) is 17.2 Å². The van der Waals surface area contributed by atoms with Crippen LogP contribution in [0.2, 0.25) is 0 Å². The van der Waals surface area contributed by atoms with E-state index in [1.807, 2.05) is 54.6 Å². The lowest BCUT2D eigenvalue weighted by Crippen LogP contribution is -1.97. The van der Waals surface area contributed by atoms with E-state index in [1.54, 1.807) is 18.2 Å². The van der Waals surface area contributed by atoms with Crippen molar-refractivity contribution in [1.82, 2.24) is 0 Å². The third kappa shape index (κ3) is 4.12. The summed E-state index contributed by atoms with van der Waals surface area (Å²) >= 11 is 0. The number of phenols is 3. The molecular weight excluding hydrogens is 400 g/mol. The van der Waals surface area contributed by atoms with Crippen molar-refractivity contribution in [3.63, 3.8) is 0 Å². The molecule has 0 aliphatic carbocycles. The van der Waals surface area contributed by atoms with E-state index in [0.29, 0.717) is 24.3 Å². The second-order valence-electron chi connectivity index (χ2n) is 8.24. The highest BCUT2D eigenvalue weighted by Gasteiger charge is 2.13. The summed E-state index contributed by atoms with van der Waals surface area (Å²) in [4.78, 5) is 0. The third-order valence-electron chi connectivity index (χ3n) is 6.00. The first-order valence-corrected chi connectivity index (χ1v) is 10.8. The van der Waals surface area contributed by atoms with Gasteiger partial charge in [0.2, 0.25) is 0 Å². The Balaban J connectivity index is 1.60. The lowest BCUT2D eigenvalue weighted by molar-refractivity contribution is 0.410. The highest BCUT2D eigenvalue weighted by Crippen LogP contribution is 2.36. The minimum Gasteiger partial charge on any atom is -0.508 e. The summed E-state index contributed by atoms with van der Waals surface area (Å²) in [5, 5.41) is 31.1. The van der Waals surface area contributed by atoms with Crippen molar-refractivity contribution in [1.29, 1.82) is 0 Å². The maximum Gasteiger partial charge on any atom is 0.169 e. The van der Waals surface area contributed by atoms with Gasteiger partial charge in [0.05, 0.1) is 0 Å². The van der Waals surface area contributed by atoms with Crippen molar-refractivity contribution in [3.05, 3.63) is 101 Å². The minimum absolute atomic E-state index is 0.0923. The van der Waals surface area contributed by atoms with Crippen LogP contribution in [0.1, 0.15) is 22.3 Å². The first-order chi connectivity index (χ1) is 15.5. The standard InChI is InChI=1S/C28H24O4/c29-22-9-13-24-21(17-22)8-3-20-7-14-26(30)28(16-20)32-23-10-4-18(5-11-23)1-2-19-6-12-25(24)27(31)15-19/h4-7,9-17,29-31H,1-3,8H2. The van der Waals surface area contributed by atoms with Crippen LogP contribution in [0, 0.1) is 0 Å². The summed E-state index contributed by atoms with van der Waals surface area (Å²) < 4.78 is 5.95. The molecule has 3 aliphatic rings. The fourth-order valence-electron chi connectivity index (χ4n) is 4.22. The molecule has 7 rings (SSSR count). The normalized spacial score (nSPS) is 13.1. The van der Waals surface area contributed by atoms with Gasteiger partial charge in [-0.1, -0.05) is 36.4 Å². The van der Waals surface area contributed by atoms with Gasteiger partial charge >= 0.3 is 0 Å². The fourth-order valence-corrected chi connectivity index (χ4v) is 4.22. The van der Waals surface area contributed by atoms with Crippen molar-refractivity contribution < 1.29 is 20.1 Å². The molecule has 4 nitrogen and oxygen atoms in total. The predicted octanol–water partition coefficient (Wildman–Crippen LogP) is 6.15. The smallest absolute Gasteiger partial charge is 0.169 e. The Labute approximate surface area is 187 Å². The minimum atomic E-state index is 0.0923. The Morgan fingerprint density at radius 1 is 0.531 bits per heavy atom. The quantitative estimate of drug-likeness (QED) is 0.317. The monoisotopic (exact) mass is 424 g/mol. The molecule has 0 unspecified atom stereocenters. The van der Waals surface area contributed by atoms with Crippen LogP contribution in [0.4, 0.5) is 0 Å². The number of aryl methyl sites for hydroxylation is 4. The topological polar surface area (TPSA) is 69.9 Å². The summed E-state index contributed by atoms with van der Waals surface area (Å²) in [6, 6.07) is 24.3. The van der Waals surface area contributed by atoms with E-state index in [-0.39, 0.29) is 17.2 Å². The number of hydrogen-bond donors (Lipinski definition) is 3. The molecule has 160 valence electrons. The molecule has 0 saturated carbocycles. The average molecular weight is 424 g/mol. The lowest BCUT2D eigenvalue weighted by atomic mass is 9.93. The molecule has 6 bridgehead atoms. The maximum atomic E-state index is 10.8. The summed E-state index contributed by atoms with van der Waals surface area (Å²) in [6.07, 6.45) is 2.98. The van der Waals surface area contributed by atoms with Gasteiger partial charge in [0.25, 0.3) is 0 Å². The Bertz CT molecular complexity index is 1280. The van der Waals surface area contributed by atoms with Crippen molar-refractivity contribution in [2.75, 3.05) is 0 Å². The Morgan fingerprint density at radius 2 is 1.19 bits per heavy atom. The number of benzene rings is 4. The fraction of sp³-hybridized carbons (Fsp3) is 0.143. The van der Waals surface area contributed by atoms with Crippen LogP contribution < -0.4 is 4.74 Å². The number of rotatable bonds is 0. The van der Waals surface area contributed by atoms with Gasteiger partial charge < -0.3 is 20.1 Å². The molecule has 0 radical (unpaired) electrons. The van der Waals surface area contributed by atoms with Gasteiger partial charge in [0, 0.05) is 5.56 Å². The van der Waals surface area contributed by atoms with E-state index < -0.39 is 0 Å². The lowest BCUT2D eigenvalue weighted by Gasteiger charge is -2.15. The van der Waals surface area contributed by atoms with E-state index >= 15 is 0 Å². The molecule has 3 heterocycles. The zero-order valence-corrected chi connectivity index (χ0v) is 17.6. The average Bonchev–Trinajstić information content (AvgIpc) is 2.79. The zero-order chi connectivity index (χ0) is 22.1. The highest BCUT2D eigenvalue weighted by molar-refractivity contribution is 5.74. The van der Waals surface area contributed by atoms with E-state index in [4.69, 9.17) is 4.74 Å². The van der Waals surface area contributed by atoms with Crippen LogP contribution >= 0.6 is 0 Å². The first kappa shape index (κ1) is 20.0. The molecule has 0 amide bonds. The van der Waals surface area contributed by atoms with E-state index in [1.165, 1.54) is 5.56 Å². The number of fused-ring (bicyclic) bond motifs is 2. The van der Waals surface area contributed by atoms with Crippen LogP contribution in [0.15, 0.2) is 78.9 Å². The van der Waals surface area contributed by atoms with Crippen molar-refractivity contribution in [3.8, 4) is 39.9 Å². The second-order valence-corrected chi connectivity index (χ2v) is 8.24. The van der Waals surface area contributed by atoms with Gasteiger partial charge in [-0.15, -0.1) is 0 Å². The third-order valence-corrected chi connectivity index (χ3v) is 6.00. The molecule has 0 aromatic heterocycles. The van der Waals surface area contributed by atoms with Crippen LogP contribution in [-0.2, 0) is 25.7 Å². The summed E-state index contributed by atoms with van der Waals surface area (Å²) in [5.41, 5.74) is 5.83. The second kappa shape index (κ2) is 8.31. The molecule has 3 N–H and O–H groups in total. The Hall–Kier alpha value is -3.92. The SMILES string of the molecule is Oc1ccc2c(c1)CCc1ccc(O)c(c1)Oc1ccc(cc1)CCc1ccc-2c(O)c1. The molecule has 3 aliphatic heterocycles. The number of ether oxygens (including phenoxy) is 1. The van der Waals surface area contributed by atoms with Crippen molar-refractivity contribution in [2.45, 2.75) is 25.7 Å². The molecule has 4 aromatic carbocycles. The summed E-state index contributed by atoms with van der Waals surface area (Å²) in [5.74, 6) is 1.61. The molecule has 4 aromatic rings. The van der Waals surface area contributed by atoms with E-state index in [9.17, 15) is 15.3 Å². The molecule has 0 fully saturated rings. The van der Waals surface area contributed by atoms with Gasteiger partial charge in [-0.2, -0.15) is 0 Å². The zero-order valence-electron chi connectivity index (χ0n) is 17.6. The molecule has 32 heavy (non-hydrogen) atoms. The first-order valence-electron chi connectivity index (χ1n) is 10.8. The number of aromatic hydroxyl groups is 3. The molecule has 4 heteroatoms. The summed E-state index contributed by atoms with van der Waals surface area (Å²) in [6.45, 7) is 0. The largest absolute Gasteiger partial charge is 0.508 e. The maximum absolute atomic E-state index is 10.8. The van der Waals surface area contributed by atoms with Crippen molar-refractivity contribution in [2.24, 2.45) is 0 Å². The van der Waals surface area contributed by atoms with Crippen LogP contribution in [-0.4, -0.2) is 15.3 Å². The predicted molar refractivity (Wildman–Crippen MR) is 125 cm³/mol. The van der Waals surface area contributed by atoms with Crippen LogP contribution in [0.3, 0.4) is 0 Å². The molecule has 0 atom stereocenters.